The Hall–Kier alpha value is -0.800. The second-order valence-electron chi connectivity index (χ2n) is 5.44. The van der Waals surface area contributed by atoms with Crippen LogP contribution in [0.1, 0.15) is 43.4 Å². The molecule has 1 aliphatic heterocycles. The molecule has 3 rings (SSSR count). The molecule has 1 saturated carbocycles. The Balaban J connectivity index is 1.69. The van der Waals surface area contributed by atoms with Gasteiger partial charge in [0.05, 0.1) is 12.8 Å². The van der Waals surface area contributed by atoms with Crippen molar-refractivity contribution in [3.05, 3.63) is 23.7 Å². The quantitative estimate of drug-likeness (QED) is 0.873. The van der Waals surface area contributed by atoms with E-state index < -0.39 is 0 Å². The van der Waals surface area contributed by atoms with Crippen LogP contribution in [0.15, 0.2) is 16.7 Å². The van der Waals surface area contributed by atoms with Crippen LogP contribution in [0.2, 0.25) is 0 Å². The van der Waals surface area contributed by atoms with E-state index in [1.165, 1.54) is 44.2 Å². The molecule has 0 amide bonds. The van der Waals surface area contributed by atoms with Gasteiger partial charge >= 0.3 is 0 Å². The van der Waals surface area contributed by atoms with E-state index in [0.29, 0.717) is 6.54 Å². The van der Waals surface area contributed by atoms with Crippen molar-refractivity contribution < 1.29 is 4.42 Å². The molecule has 1 aromatic rings. The zero-order valence-electron chi connectivity index (χ0n) is 10.4. The predicted molar refractivity (Wildman–Crippen MR) is 67.4 cm³/mol. The molecule has 0 radical (unpaired) electrons. The Morgan fingerprint density at radius 2 is 2.18 bits per heavy atom. The summed E-state index contributed by atoms with van der Waals surface area (Å²) in [7, 11) is 0. The highest BCUT2D eigenvalue weighted by atomic mass is 16.3. The van der Waals surface area contributed by atoms with E-state index in [2.05, 4.69) is 11.0 Å². The molecule has 3 heteroatoms. The monoisotopic (exact) mass is 234 g/mol. The fourth-order valence-corrected chi connectivity index (χ4v) is 3.61. The van der Waals surface area contributed by atoms with Gasteiger partial charge in [0.15, 0.2) is 0 Å². The zero-order valence-corrected chi connectivity index (χ0v) is 10.4. The number of likely N-dealkylation sites (tertiary alicyclic amines) is 1. The molecule has 0 bridgehead atoms. The number of hydrogen-bond donors (Lipinski definition) is 1. The molecule has 94 valence electrons. The van der Waals surface area contributed by atoms with Gasteiger partial charge in [0.2, 0.25) is 0 Å². The van der Waals surface area contributed by atoms with E-state index in [1.54, 1.807) is 6.26 Å². The molecule has 1 aliphatic carbocycles. The molecule has 2 fully saturated rings. The summed E-state index contributed by atoms with van der Waals surface area (Å²) in [6.07, 6.45) is 8.84. The average molecular weight is 234 g/mol. The Labute approximate surface area is 103 Å². The zero-order chi connectivity index (χ0) is 11.7. The van der Waals surface area contributed by atoms with E-state index in [9.17, 15) is 0 Å². The Morgan fingerprint density at radius 3 is 3.06 bits per heavy atom. The summed E-state index contributed by atoms with van der Waals surface area (Å²) >= 11 is 0. The topological polar surface area (TPSA) is 42.4 Å². The summed E-state index contributed by atoms with van der Waals surface area (Å²) in [6.45, 7) is 2.80. The van der Waals surface area contributed by atoms with Gasteiger partial charge in [-0.25, -0.2) is 0 Å². The Morgan fingerprint density at radius 1 is 1.29 bits per heavy atom. The van der Waals surface area contributed by atoms with Crippen molar-refractivity contribution in [2.75, 3.05) is 6.54 Å². The fraction of sp³-hybridized carbons (Fsp3) is 0.714. The maximum Gasteiger partial charge on any atom is 0.121 e. The van der Waals surface area contributed by atoms with Crippen molar-refractivity contribution in [1.29, 1.82) is 0 Å². The van der Waals surface area contributed by atoms with E-state index in [1.807, 2.05) is 0 Å². The van der Waals surface area contributed by atoms with Crippen molar-refractivity contribution >= 4 is 0 Å². The SMILES string of the molecule is NCc1occc1CN1CCC2CCCCC21. The van der Waals surface area contributed by atoms with Crippen molar-refractivity contribution in [3.63, 3.8) is 0 Å². The normalized spacial score (nSPS) is 29.5. The lowest BCUT2D eigenvalue weighted by Crippen LogP contribution is -2.34. The molecule has 3 nitrogen and oxygen atoms in total. The van der Waals surface area contributed by atoms with Crippen LogP contribution in [0.5, 0.6) is 0 Å². The Kier molecular flexibility index (Phi) is 3.21. The number of rotatable bonds is 3. The molecule has 0 aromatic carbocycles. The molecule has 2 aliphatic rings. The van der Waals surface area contributed by atoms with Gasteiger partial charge in [-0.05, 0) is 37.8 Å². The number of hydrogen-bond acceptors (Lipinski definition) is 3. The molecule has 1 saturated heterocycles. The standard InChI is InChI=1S/C14H22N2O/c15-9-14-12(6-8-17-14)10-16-7-5-11-3-1-2-4-13(11)16/h6,8,11,13H,1-5,7,9-10,15H2. The van der Waals surface area contributed by atoms with Crippen LogP contribution < -0.4 is 5.73 Å². The van der Waals surface area contributed by atoms with Crippen molar-refractivity contribution in [2.24, 2.45) is 11.7 Å². The van der Waals surface area contributed by atoms with E-state index in [4.69, 9.17) is 10.2 Å². The number of nitrogens with zero attached hydrogens (tertiary/aromatic N) is 1. The minimum Gasteiger partial charge on any atom is -0.468 e. The van der Waals surface area contributed by atoms with Crippen LogP contribution >= 0.6 is 0 Å². The van der Waals surface area contributed by atoms with Gasteiger partial charge in [0.1, 0.15) is 5.76 Å². The lowest BCUT2D eigenvalue weighted by atomic mass is 9.85. The lowest BCUT2D eigenvalue weighted by molar-refractivity contribution is 0.175. The predicted octanol–water partition coefficient (Wildman–Crippen LogP) is 2.50. The maximum atomic E-state index is 5.69. The van der Waals surface area contributed by atoms with Gasteiger partial charge < -0.3 is 10.2 Å². The first kappa shape index (κ1) is 11.3. The summed E-state index contributed by atoms with van der Waals surface area (Å²) in [4.78, 5) is 2.65. The molecular formula is C14H22N2O. The summed E-state index contributed by atoms with van der Waals surface area (Å²) in [6, 6.07) is 2.91. The third-order valence-electron chi connectivity index (χ3n) is 4.52. The third kappa shape index (κ3) is 2.14. The molecule has 2 atom stereocenters. The molecule has 1 aromatic heterocycles. The van der Waals surface area contributed by atoms with Crippen LogP contribution in [0, 0.1) is 5.92 Å². The Bertz CT molecular complexity index is 374. The first-order valence-electron chi connectivity index (χ1n) is 6.88. The second kappa shape index (κ2) is 4.83. The summed E-state index contributed by atoms with van der Waals surface area (Å²) in [5.41, 5.74) is 6.98. The molecule has 2 unspecified atom stereocenters. The molecular weight excluding hydrogens is 212 g/mol. The molecule has 2 heterocycles. The number of furan rings is 1. The van der Waals surface area contributed by atoms with Crippen LogP contribution in [0.3, 0.4) is 0 Å². The summed E-state index contributed by atoms with van der Waals surface area (Å²) in [5, 5.41) is 0. The summed E-state index contributed by atoms with van der Waals surface area (Å²) < 4.78 is 5.41. The van der Waals surface area contributed by atoms with Crippen LogP contribution in [-0.4, -0.2) is 17.5 Å². The van der Waals surface area contributed by atoms with Crippen LogP contribution in [0.4, 0.5) is 0 Å². The van der Waals surface area contributed by atoms with Gasteiger partial charge in [-0.1, -0.05) is 12.8 Å². The van der Waals surface area contributed by atoms with Gasteiger partial charge in [-0.3, -0.25) is 4.90 Å². The van der Waals surface area contributed by atoms with Crippen LogP contribution in [0.25, 0.3) is 0 Å². The highest BCUT2D eigenvalue weighted by Crippen LogP contribution is 2.37. The third-order valence-corrected chi connectivity index (χ3v) is 4.52. The second-order valence-corrected chi connectivity index (χ2v) is 5.44. The van der Waals surface area contributed by atoms with Crippen molar-refractivity contribution in [3.8, 4) is 0 Å². The van der Waals surface area contributed by atoms with Crippen molar-refractivity contribution in [1.82, 2.24) is 4.90 Å². The summed E-state index contributed by atoms with van der Waals surface area (Å²) in [5.74, 6) is 1.92. The van der Waals surface area contributed by atoms with E-state index >= 15 is 0 Å². The first-order chi connectivity index (χ1) is 8.38. The van der Waals surface area contributed by atoms with E-state index in [0.717, 1.165) is 24.3 Å². The number of fused-ring (bicyclic) bond motifs is 1. The largest absolute Gasteiger partial charge is 0.468 e. The smallest absolute Gasteiger partial charge is 0.121 e. The van der Waals surface area contributed by atoms with Crippen LogP contribution in [-0.2, 0) is 13.1 Å². The van der Waals surface area contributed by atoms with Gasteiger partial charge in [0, 0.05) is 18.2 Å². The number of nitrogens with two attached hydrogens (primary N) is 1. The first-order valence-corrected chi connectivity index (χ1v) is 6.88. The molecule has 2 N–H and O–H groups in total. The highest BCUT2D eigenvalue weighted by Gasteiger charge is 2.35. The molecule has 0 spiro atoms. The van der Waals surface area contributed by atoms with Gasteiger partial charge in [-0.15, -0.1) is 0 Å². The van der Waals surface area contributed by atoms with Gasteiger partial charge in [0.25, 0.3) is 0 Å². The minimum atomic E-state index is 0.518. The maximum absolute atomic E-state index is 5.69. The highest BCUT2D eigenvalue weighted by molar-refractivity contribution is 5.17. The molecule has 17 heavy (non-hydrogen) atoms. The van der Waals surface area contributed by atoms with Crippen molar-refractivity contribution in [2.45, 2.75) is 51.2 Å². The van der Waals surface area contributed by atoms with Gasteiger partial charge in [-0.2, -0.15) is 0 Å². The lowest BCUT2D eigenvalue weighted by Gasteiger charge is -2.31. The van der Waals surface area contributed by atoms with E-state index in [-0.39, 0.29) is 0 Å². The minimum absolute atomic E-state index is 0.518. The average Bonchev–Trinajstić information content (AvgIpc) is 2.97. The fourth-order valence-electron chi connectivity index (χ4n) is 3.61.